The maximum absolute atomic E-state index is 10.8. The van der Waals surface area contributed by atoms with Gasteiger partial charge in [-0.1, -0.05) is 24.3 Å². The Hall–Kier alpha value is -1.74. The monoisotopic (exact) mass is 201 g/mol. The van der Waals surface area contributed by atoms with Crippen molar-refractivity contribution in [2.24, 2.45) is 0 Å². The summed E-state index contributed by atoms with van der Waals surface area (Å²) in [4.78, 5) is 15.0. The third-order valence-electron chi connectivity index (χ3n) is 2.41. The molecule has 1 heterocycles. The van der Waals surface area contributed by atoms with E-state index in [1.807, 2.05) is 18.2 Å². The quantitative estimate of drug-likeness (QED) is 0.751. The number of hydrogen-bond donors (Lipinski definition) is 1. The normalized spacial score (nSPS) is 14.8. The van der Waals surface area contributed by atoms with Crippen molar-refractivity contribution in [2.75, 3.05) is 0 Å². The molecule has 0 amide bonds. The molecular formula is C12H11NO2. The molecule has 0 saturated carbocycles. The molecule has 2 aromatic rings. The van der Waals surface area contributed by atoms with Crippen LogP contribution in [0.5, 0.6) is 0 Å². The summed E-state index contributed by atoms with van der Waals surface area (Å²) >= 11 is 0. The van der Waals surface area contributed by atoms with Gasteiger partial charge in [-0.2, -0.15) is 0 Å². The van der Waals surface area contributed by atoms with Crippen LogP contribution in [0.3, 0.4) is 0 Å². The Balaban J connectivity index is 2.76. The summed E-state index contributed by atoms with van der Waals surface area (Å²) in [5.41, 5.74) is -0.277. The predicted molar refractivity (Wildman–Crippen MR) is 57.4 cm³/mol. The number of nitrogens with zero attached hydrogens (tertiary/aromatic N) is 1. The molecular weight excluding hydrogens is 190 g/mol. The van der Waals surface area contributed by atoms with Crippen LogP contribution in [-0.4, -0.2) is 16.4 Å². The number of aldehydes is 1. The van der Waals surface area contributed by atoms with E-state index in [-0.39, 0.29) is 0 Å². The van der Waals surface area contributed by atoms with Crippen molar-refractivity contribution in [1.29, 1.82) is 0 Å². The highest BCUT2D eigenvalue weighted by atomic mass is 16.3. The molecule has 0 bridgehead atoms. The molecule has 3 nitrogen and oxygen atoms in total. The smallest absolute Gasteiger partial charge is 0.155 e. The van der Waals surface area contributed by atoms with E-state index in [2.05, 4.69) is 4.98 Å². The minimum atomic E-state index is -1.48. The predicted octanol–water partition coefficient (Wildman–Crippen LogP) is 1.64. The van der Waals surface area contributed by atoms with Crippen molar-refractivity contribution in [3.8, 4) is 0 Å². The van der Waals surface area contributed by atoms with E-state index in [0.29, 0.717) is 17.4 Å². The fraction of sp³-hybridized carbons (Fsp3) is 0.167. The van der Waals surface area contributed by atoms with Crippen LogP contribution in [-0.2, 0) is 10.4 Å². The Morgan fingerprint density at radius 2 is 2.07 bits per heavy atom. The molecule has 1 unspecified atom stereocenters. The molecule has 1 N–H and O–H groups in total. The molecule has 0 radical (unpaired) electrons. The van der Waals surface area contributed by atoms with Gasteiger partial charge < -0.3 is 5.11 Å². The van der Waals surface area contributed by atoms with Crippen LogP contribution in [0.2, 0.25) is 0 Å². The maximum Gasteiger partial charge on any atom is 0.155 e. The summed E-state index contributed by atoms with van der Waals surface area (Å²) in [6.45, 7) is 1.46. The fourth-order valence-corrected chi connectivity index (χ4v) is 1.58. The van der Waals surface area contributed by atoms with Crippen molar-refractivity contribution < 1.29 is 9.90 Å². The average molecular weight is 201 g/mol. The molecule has 1 atom stereocenters. The topological polar surface area (TPSA) is 50.2 Å². The third-order valence-corrected chi connectivity index (χ3v) is 2.41. The van der Waals surface area contributed by atoms with E-state index in [0.717, 1.165) is 5.39 Å². The highest BCUT2D eigenvalue weighted by Gasteiger charge is 2.24. The van der Waals surface area contributed by atoms with Crippen LogP contribution >= 0.6 is 0 Å². The highest BCUT2D eigenvalue weighted by molar-refractivity contribution is 5.85. The van der Waals surface area contributed by atoms with Crippen LogP contribution in [0.25, 0.3) is 10.9 Å². The second-order valence-corrected chi connectivity index (χ2v) is 3.65. The minimum absolute atomic E-state index is 0.524. The first-order valence-electron chi connectivity index (χ1n) is 4.68. The van der Waals surface area contributed by atoms with Crippen molar-refractivity contribution >= 4 is 17.2 Å². The molecule has 2 rings (SSSR count). The first-order chi connectivity index (χ1) is 7.15. The standard InChI is InChI=1S/C12H11NO2/c1-12(15,8-14)10-6-2-4-9-5-3-7-13-11(9)10/h2-8,15H,1H3. The summed E-state index contributed by atoms with van der Waals surface area (Å²) in [5.74, 6) is 0. The summed E-state index contributed by atoms with van der Waals surface area (Å²) in [6, 6.07) is 9.13. The van der Waals surface area contributed by atoms with Crippen LogP contribution in [0.1, 0.15) is 12.5 Å². The van der Waals surface area contributed by atoms with Crippen molar-refractivity contribution in [1.82, 2.24) is 4.98 Å². The van der Waals surface area contributed by atoms with Crippen molar-refractivity contribution in [2.45, 2.75) is 12.5 Å². The number of hydrogen-bond acceptors (Lipinski definition) is 3. The van der Waals surface area contributed by atoms with Gasteiger partial charge in [0.15, 0.2) is 6.29 Å². The van der Waals surface area contributed by atoms with Crippen molar-refractivity contribution in [3.63, 3.8) is 0 Å². The van der Waals surface area contributed by atoms with Gasteiger partial charge in [0.25, 0.3) is 0 Å². The molecule has 0 aliphatic rings. The van der Waals surface area contributed by atoms with E-state index in [9.17, 15) is 9.90 Å². The second kappa shape index (κ2) is 3.44. The molecule has 0 fully saturated rings. The lowest BCUT2D eigenvalue weighted by Crippen LogP contribution is -2.23. The number of carbonyl (C=O) groups is 1. The lowest BCUT2D eigenvalue weighted by molar-refractivity contribution is -0.123. The van der Waals surface area contributed by atoms with Gasteiger partial charge in [-0.3, -0.25) is 9.78 Å². The van der Waals surface area contributed by atoms with E-state index in [4.69, 9.17) is 0 Å². The number of benzene rings is 1. The number of fused-ring (bicyclic) bond motifs is 1. The summed E-state index contributed by atoms with van der Waals surface area (Å²) < 4.78 is 0. The number of aromatic nitrogens is 1. The molecule has 1 aromatic carbocycles. The highest BCUT2D eigenvalue weighted by Crippen LogP contribution is 2.25. The Labute approximate surface area is 87.4 Å². The molecule has 0 saturated heterocycles. The third kappa shape index (κ3) is 1.62. The number of rotatable bonds is 2. The number of aliphatic hydroxyl groups is 1. The van der Waals surface area contributed by atoms with Crippen molar-refractivity contribution in [3.05, 3.63) is 42.1 Å². The van der Waals surface area contributed by atoms with Gasteiger partial charge in [0, 0.05) is 17.1 Å². The molecule has 0 spiro atoms. The zero-order valence-electron chi connectivity index (χ0n) is 8.34. The van der Waals surface area contributed by atoms with E-state index in [1.165, 1.54) is 6.92 Å². The average Bonchev–Trinajstić information content (AvgIpc) is 2.28. The summed E-state index contributed by atoms with van der Waals surface area (Å²) in [6.07, 6.45) is 2.17. The van der Waals surface area contributed by atoms with Gasteiger partial charge in [0.1, 0.15) is 5.60 Å². The Morgan fingerprint density at radius 1 is 1.33 bits per heavy atom. The first-order valence-corrected chi connectivity index (χ1v) is 4.68. The molecule has 1 aromatic heterocycles. The van der Waals surface area contributed by atoms with Gasteiger partial charge in [-0.15, -0.1) is 0 Å². The van der Waals surface area contributed by atoms with E-state index in [1.54, 1.807) is 18.3 Å². The van der Waals surface area contributed by atoms with Gasteiger partial charge in [-0.05, 0) is 13.0 Å². The SMILES string of the molecule is CC(O)(C=O)c1cccc2cccnc12. The van der Waals surface area contributed by atoms with E-state index >= 15 is 0 Å². The number of carbonyl (C=O) groups excluding carboxylic acids is 1. The first kappa shape index (κ1) is 9.80. The fourth-order valence-electron chi connectivity index (χ4n) is 1.58. The zero-order valence-corrected chi connectivity index (χ0v) is 8.34. The molecule has 3 heteroatoms. The van der Waals surface area contributed by atoms with Crippen LogP contribution in [0, 0.1) is 0 Å². The Kier molecular flexibility index (Phi) is 2.25. The molecule has 15 heavy (non-hydrogen) atoms. The lowest BCUT2D eigenvalue weighted by Gasteiger charge is -2.17. The number of pyridine rings is 1. The van der Waals surface area contributed by atoms with Gasteiger partial charge >= 0.3 is 0 Å². The van der Waals surface area contributed by atoms with Crippen LogP contribution in [0.4, 0.5) is 0 Å². The van der Waals surface area contributed by atoms with Gasteiger partial charge in [-0.25, -0.2) is 0 Å². The largest absolute Gasteiger partial charge is 0.378 e. The molecule has 0 aliphatic carbocycles. The second-order valence-electron chi connectivity index (χ2n) is 3.65. The van der Waals surface area contributed by atoms with E-state index < -0.39 is 5.60 Å². The van der Waals surface area contributed by atoms with Crippen LogP contribution < -0.4 is 0 Å². The lowest BCUT2D eigenvalue weighted by atomic mass is 9.95. The van der Waals surface area contributed by atoms with Crippen LogP contribution in [0.15, 0.2) is 36.5 Å². The summed E-state index contributed by atoms with van der Waals surface area (Å²) in [5, 5.41) is 10.8. The van der Waals surface area contributed by atoms with Gasteiger partial charge in [0.2, 0.25) is 0 Å². The zero-order chi connectivity index (χ0) is 10.9. The molecule has 0 aliphatic heterocycles. The minimum Gasteiger partial charge on any atom is -0.378 e. The Morgan fingerprint density at radius 3 is 2.80 bits per heavy atom. The maximum atomic E-state index is 10.8. The molecule has 76 valence electrons. The van der Waals surface area contributed by atoms with Gasteiger partial charge in [0.05, 0.1) is 5.52 Å². The number of para-hydroxylation sites is 1. The summed E-state index contributed by atoms with van der Waals surface area (Å²) in [7, 11) is 0. The Bertz CT molecular complexity index is 500.